The van der Waals surface area contributed by atoms with Crippen molar-refractivity contribution in [3.63, 3.8) is 0 Å². The third-order valence-electron chi connectivity index (χ3n) is 2.75. The third-order valence-corrected chi connectivity index (χ3v) is 2.75. The van der Waals surface area contributed by atoms with Crippen LogP contribution in [0.15, 0.2) is 39.9 Å². The van der Waals surface area contributed by atoms with Gasteiger partial charge in [0.05, 0.1) is 12.1 Å². The van der Waals surface area contributed by atoms with Crippen LogP contribution in [0.3, 0.4) is 0 Å². The van der Waals surface area contributed by atoms with Crippen LogP contribution in [-0.2, 0) is 11.2 Å². The Labute approximate surface area is 108 Å². The second kappa shape index (κ2) is 4.93. The summed E-state index contributed by atoms with van der Waals surface area (Å²) < 4.78 is 0.936. The molecule has 19 heavy (non-hydrogen) atoms. The second-order valence-electron chi connectivity index (χ2n) is 4.08. The fourth-order valence-corrected chi connectivity index (χ4v) is 1.85. The number of carbonyl (C=O) groups is 1. The predicted molar refractivity (Wildman–Crippen MR) is 68.7 cm³/mol. The van der Waals surface area contributed by atoms with Gasteiger partial charge in [0.1, 0.15) is 0 Å². The van der Waals surface area contributed by atoms with Gasteiger partial charge in [-0.15, -0.1) is 0 Å². The Morgan fingerprint density at radius 3 is 2.47 bits per heavy atom. The zero-order chi connectivity index (χ0) is 14.0. The van der Waals surface area contributed by atoms with Crippen LogP contribution in [0.4, 0.5) is 0 Å². The van der Waals surface area contributed by atoms with Crippen LogP contribution in [0.1, 0.15) is 11.3 Å². The molecule has 0 aliphatic heterocycles. The van der Waals surface area contributed by atoms with Crippen molar-refractivity contribution in [1.82, 2.24) is 9.55 Å². The molecule has 0 spiro atoms. The SMILES string of the molecule is Cc1[nH]c(=O)n(-c2ccccc2)c(=O)c1CC(=O)O. The summed E-state index contributed by atoms with van der Waals surface area (Å²) in [6.45, 7) is 1.51. The van der Waals surface area contributed by atoms with Crippen molar-refractivity contribution in [3.8, 4) is 5.69 Å². The number of hydrogen-bond acceptors (Lipinski definition) is 3. The fraction of sp³-hybridized carbons (Fsp3) is 0.154. The van der Waals surface area contributed by atoms with Crippen LogP contribution >= 0.6 is 0 Å². The molecule has 0 saturated heterocycles. The van der Waals surface area contributed by atoms with E-state index in [1.807, 2.05) is 0 Å². The lowest BCUT2D eigenvalue weighted by atomic mass is 10.1. The first kappa shape index (κ1) is 12.8. The number of rotatable bonds is 3. The minimum Gasteiger partial charge on any atom is -0.481 e. The third kappa shape index (κ3) is 2.47. The molecular weight excluding hydrogens is 248 g/mol. The van der Waals surface area contributed by atoms with Crippen LogP contribution in [0, 0.1) is 6.92 Å². The van der Waals surface area contributed by atoms with Crippen LogP contribution in [0.2, 0.25) is 0 Å². The predicted octanol–water partition coefficient (Wildman–Crippen LogP) is 0.461. The Balaban J connectivity index is 2.73. The van der Waals surface area contributed by atoms with E-state index in [9.17, 15) is 14.4 Å². The molecule has 98 valence electrons. The highest BCUT2D eigenvalue weighted by molar-refractivity contribution is 5.70. The lowest BCUT2D eigenvalue weighted by molar-refractivity contribution is -0.136. The lowest BCUT2D eigenvalue weighted by Crippen LogP contribution is -2.37. The molecule has 0 aliphatic rings. The fourth-order valence-electron chi connectivity index (χ4n) is 1.85. The molecule has 0 radical (unpaired) electrons. The summed E-state index contributed by atoms with van der Waals surface area (Å²) in [6, 6.07) is 8.36. The average Bonchev–Trinajstić information content (AvgIpc) is 2.35. The number of nitrogens with zero attached hydrogens (tertiary/aromatic N) is 1. The zero-order valence-corrected chi connectivity index (χ0v) is 10.2. The first-order valence-corrected chi connectivity index (χ1v) is 5.62. The van der Waals surface area contributed by atoms with Gasteiger partial charge in [-0.3, -0.25) is 9.59 Å². The van der Waals surface area contributed by atoms with E-state index < -0.39 is 23.6 Å². The largest absolute Gasteiger partial charge is 0.481 e. The van der Waals surface area contributed by atoms with Gasteiger partial charge in [-0.05, 0) is 19.1 Å². The normalized spacial score (nSPS) is 10.4. The molecule has 0 saturated carbocycles. The quantitative estimate of drug-likeness (QED) is 0.838. The number of hydrogen-bond donors (Lipinski definition) is 2. The summed E-state index contributed by atoms with van der Waals surface area (Å²) in [5.41, 5.74) is -0.418. The monoisotopic (exact) mass is 260 g/mol. The number of aryl methyl sites for hydroxylation is 1. The number of aromatic nitrogens is 2. The molecule has 0 bridgehead atoms. The number of aromatic amines is 1. The van der Waals surface area contributed by atoms with Crippen LogP contribution in [0.5, 0.6) is 0 Å². The highest BCUT2D eigenvalue weighted by Gasteiger charge is 2.15. The van der Waals surface area contributed by atoms with E-state index >= 15 is 0 Å². The minimum absolute atomic E-state index is 0.0796. The molecule has 1 aromatic carbocycles. The first-order chi connectivity index (χ1) is 9.00. The van der Waals surface area contributed by atoms with E-state index in [0.29, 0.717) is 5.69 Å². The van der Waals surface area contributed by atoms with Crippen molar-refractivity contribution in [2.24, 2.45) is 0 Å². The van der Waals surface area contributed by atoms with Crippen LogP contribution in [0.25, 0.3) is 5.69 Å². The number of benzene rings is 1. The molecule has 0 aliphatic carbocycles. The summed E-state index contributed by atoms with van der Waals surface area (Å²) in [5.74, 6) is -1.12. The summed E-state index contributed by atoms with van der Waals surface area (Å²) in [5, 5.41) is 8.81. The molecule has 0 atom stereocenters. The second-order valence-corrected chi connectivity index (χ2v) is 4.08. The number of carboxylic acids is 1. The van der Waals surface area contributed by atoms with Gasteiger partial charge in [0.15, 0.2) is 0 Å². The molecular formula is C13H12N2O4. The summed E-state index contributed by atoms with van der Waals surface area (Å²) in [4.78, 5) is 37.3. The van der Waals surface area contributed by atoms with Crippen molar-refractivity contribution in [2.75, 3.05) is 0 Å². The highest BCUT2D eigenvalue weighted by Crippen LogP contribution is 2.03. The van der Waals surface area contributed by atoms with Gasteiger partial charge < -0.3 is 10.1 Å². The molecule has 2 aromatic rings. The molecule has 2 N–H and O–H groups in total. The number of carboxylic acid groups (broad SMARTS) is 1. The molecule has 6 heteroatoms. The van der Waals surface area contributed by atoms with Gasteiger partial charge in [0.2, 0.25) is 0 Å². The zero-order valence-electron chi connectivity index (χ0n) is 10.2. The molecule has 6 nitrogen and oxygen atoms in total. The Hall–Kier alpha value is -2.63. The van der Waals surface area contributed by atoms with E-state index in [2.05, 4.69) is 4.98 Å². The average molecular weight is 260 g/mol. The van der Waals surface area contributed by atoms with Crippen molar-refractivity contribution < 1.29 is 9.90 Å². The molecule has 0 unspecified atom stereocenters. The van der Waals surface area contributed by atoms with Gasteiger partial charge in [-0.2, -0.15) is 0 Å². The van der Waals surface area contributed by atoms with Crippen molar-refractivity contribution in [1.29, 1.82) is 0 Å². The Kier molecular flexibility index (Phi) is 3.33. The smallest absolute Gasteiger partial charge is 0.333 e. The van der Waals surface area contributed by atoms with Crippen molar-refractivity contribution in [3.05, 3.63) is 62.4 Å². The van der Waals surface area contributed by atoms with E-state index in [4.69, 9.17) is 5.11 Å². The molecule has 2 rings (SSSR count). The molecule has 0 amide bonds. The van der Waals surface area contributed by atoms with Crippen molar-refractivity contribution in [2.45, 2.75) is 13.3 Å². The molecule has 1 heterocycles. The molecule has 0 fully saturated rings. The Morgan fingerprint density at radius 2 is 1.89 bits per heavy atom. The first-order valence-electron chi connectivity index (χ1n) is 5.62. The lowest BCUT2D eigenvalue weighted by Gasteiger charge is -2.08. The maximum absolute atomic E-state index is 12.2. The van der Waals surface area contributed by atoms with Gasteiger partial charge in [-0.25, -0.2) is 9.36 Å². The van der Waals surface area contributed by atoms with E-state index in [0.717, 1.165) is 4.57 Å². The van der Waals surface area contributed by atoms with E-state index in [1.165, 1.54) is 6.92 Å². The summed E-state index contributed by atoms with van der Waals surface area (Å²) in [6.07, 6.45) is -0.422. The highest BCUT2D eigenvalue weighted by atomic mass is 16.4. The van der Waals surface area contributed by atoms with Crippen molar-refractivity contribution >= 4 is 5.97 Å². The van der Waals surface area contributed by atoms with E-state index in [-0.39, 0.29) is 11.3 Å². The summed E-state index contributed by atoms with van der Waals surface area (Å²) in [7, 11) is 0. The summed E-state index contributed by atoms with van der Waals surface area (Å²) >= 11 is 0. The van der Waals surface area contributed by atoms with Gasteiger partial charge in [0, 0.05) is 11.3 Å². The Morgan fingerprint density at radius 1 is 1.26 bits per heavy atom. The van der Waals surface area contributed by atoms with Gasteiger partial charge in [0.25, 0.3) is 5.56 Å². The maximum atomic E-state index is 12.2. The number of nitrogens with one attached hydrogen (secondary N) is 1. The van der Waals surface area contributed by atoms with Crippen LogP contribution in [-0.4, -0.2) is 20.6 Å². The number of aliphatic carboxylic acids is 1. The molecule has 1 aromatic heterocycles. The number of H-pyrrole nitrogens is 1. The van der Waals surface area contributed by atoms with Gasteiger partial charge in [-0.1, -0.05) is 18.2 Å². The number of para-hydroxylation sites is 1. The maximum Gasteiger partial charge on any atom is 0.333 e. The minimum atomic E-state index is -1.12. The Bertz CT molecular complexity index is 729. The van der Waals surface area contributed by atoms with E-state index in [1.54, 1.807) is 30.3 Å². The van der Waals surface area contributed by atoms with Gasteiger partial charge >= 0.3 is 11.7 Å². The van der Waals surface area contributed by atoms with Crippen LogP contribution < -0.4 is 11.2 Å². The topological polar surface area (TPSA) is 92.2 Å². The standard InChI is InChI=1S/C13H12N2O4/c1-8-10(7-11(16)17)12(18)15(13(19)14-8)9-5-3-2-4-6-9/h2-6H,7H2,1H3,(H,14,19)(H,16,17).